The Morgan fingerprint density at radius 1 is 1.45 bits per heavy atom. The van der Waals surface area contributed by atoms with Crippen molar-refractivity contribution in [2.24, 2.45) is 5.92 Å². The van der Waals surface area contributed by atoms with Gasteiger partial charge in [-0.25, -0.2) is 18.0 Å². The van der Waals surface area contributed by atoms with Gasteiger partial charge >= 0.3 is 12.0 Å². The molecule has 2 saturated heterocycles. The molecule has 0 bridgehead atoms. The SMILES string of the molecule is CC1SCC(C(=O)O)N1C(=O)NCC1CCS(=O)(=O)C1. The molecule has 0 aromatic rings. The Bertz CT molecular complexity index is 507. The maximum absolute atomic E-state index is 12.1. The molecule has 0 saturated carbocycles. The number of rotatable bonds is 3. The number of thioether (sulfide) groups is 1. The lowest BCUT2D eigenvalue weighted by Gasteiger charge is -2.25. The molecule has 0 aliphatic carbocycles. The zero-order valence-electron chi connectivity index (χ0n) is 11.1. The highest BCUT2D eigenvalue weighted by Gasteiger charge is 2.39. The minimum atomic E-state index is -2.96. The van der Waals surface area contributed by atoms with Crippen LogP contribution in [0.1, 0.15) is 13.3 Å². The Labute approximate surface area is 122 Å². The van der Waals surface area contributed by atoms with Gasteiger partial charge in [-0.1, -0.05) is 0 Å². The Hall–Kier alpha value is -0.960. The molecule has 2 aliphatic heterocycles. The van der Waals surface area contributed by atoms with E-state index >= 15 is 0 Å². The summed E-state index contributed by atoms with van der Waals surface area (Å²) in [4.78, 5) is 24.5. The van der Waals surface area contributed by atoms with Gasteiger partial charge < -0.3 is 10.4 Å². The van der Waals surface area contributed by atoms with Crippen LogP contribution in [0.15, 0.2) is 0 Å². The quantitative estimate of drug-likeness (QED) is 0.757. The summed E-state index contributed by atoms with van der Waals surface area (Å²) in [5, 5.41) is 11.6. The van der Waals surface area contributed by atoms with Crippen molar-refractivity contribution in [1.82, 2.24) is 10.2 Å². The minimum absolute atomic E-state index is 0.0715. The molecular weight excluding hydrogens is 304 g/mol. The first-order valence-corrected chi connectivity index (χ1v) is 9.28. The fraction of sp³-hybridized carbons (Fsp3) is 0.818. The normalized spacial score (nSPS) is 32.2. The molecule has 7 nitrogen and oxygen atoms in total. The molecule has 0 aromatic heterocycles. The zero-order valence-corrected chi connectivity index (χ0v) is 12.7. The molecule has 0 aromatic carbocycles. The van der Waals surface area contributed by atoms with Gasteiger partial charge in [0.15, 0.2) is 9.84 Å². The molecule has 2 aliphatic rings. The van der Waals surface area contributed by atoms with Crippen molar-refractivity contribution in [3.05, 3.63) is 0 Å². The van der Waals surface area contributed by atoms with Crippen LogP contribution < -0.4 is 5.32 Å². The maximum Gasteiger partial charge on any atom is 0.327 e. The van der Waals surface area contributed by atoms with Crippen LogP contribution in [0.2, 0.25) is 0 Å². The van der Waals surface area contributed by atoms with Crippen LogP contribution in [0.25, 0.3) is 0 Å². The van der Waals surface area contributed by atoms with Crippen molar-refractivity contribution in [2.45, 2.75) is 24.8 Å². The Morgan fingerprint density at radius 3 is 2.70 bits per heavy atom. The third kappa shape index (κ3) is 3.38. The maximum atomic E-state index is 12.1. The summed E-state index contributed by atoms with van der Waals surface area (Å²) in [6.07, 6.45) is 0.551. The molecule has 3 atom stereocenters. The van der Waals surface area contributed by atoms with E-state index in [1.807, 2.05) is 0 Å². The lowest BCUT2D eigenvalue weighted by atomic mass is 10.1. The highest BCUT2D eigenvalue weighted by atomic mass is 32.2. The number of carbonyl (C=O) groups is 2. The number of hydrogen-bond acceptors (Lipinski definition) is 5. The van der Waals surface area contributed by atoms with E-state index < -0.39 is 27.9 Å². The Morgan fingerprint density at radius 2 is 2.15 bits per heavy atom. The number of amides is 2. The largest absolute Gasteiger partial charge is 0.480 e. The van der Waals surface area contributed by atoms with E-state index in [0.717, 1.165) is 0 Å². The minimum Gasteiger partial charge on any atom is -0.480 e. The highest BCUT2D eigenvalue weighted by Crippen LogP contribution is 2.28. The van der Waals surface area contributed by atoms with Crippen LogP contribution in [-0.4, -0.2) is 65.6 Å². The summed E-state index contributed by atoms with van der Waals surface area (Å²) in [6, 6.07) is -1.25. The molecule has 2 fully saturated rings. The molecule has 20 heavy (non-hydrogen) atoms. The number of carbonyl (C=O) groups excluding carboxylic acids is 1. The van der Waals surface area contributed by atoms with E-state index in [9.17, 15) is 18.0 Å². The first-order chi connectivity index (χ1) is 9.30. The molecule has 3 unspecified atom stereocenters. The average Bonchev–Trinajstić information content (AvgIpc) is 2.89. The number of carboxylic acids is 1. The second kappa shape index (κ2) is 5.80. The summed E-state index contributed by atoms with van der Waals surface area (Å²) >= 11 is 1.42. The molecule has 2 rings (SSSR count). The van der Waals surface area contributed by atoms with E-state index in [0.29, 0.717) is 12.2 Å². The van der Waals surface area contributed by atoms with Crippen molar-refractivity contribution in [3.63, 3.8) is 0 Å². The number of hydrogen-bond donors (Lipinski definition) is 2. The van der Waals surface area contributed by atoms with Crippen molar-refractivity contribution < 1.29 is 23.1 Å². The van der Waals surface area contributed by atoms with E-state index in [1.165, 1.54) is 16.7 Å². The van der Waals surface area contributed by atoms with Crippen molar-refractivity contribution in [2.75, 3.05) is 23.8 Å². The Kier molecular flexibility index (Phi) is 4.48. The predicted octanol–water partition coefficient (Wildman–Crippen LogP) is -0.0213. The summed E-state index contributed by atoms with van der Waals surface area (Å²) in [6.45, 7) is 2.06. The Balaban J connectivity index is 1.90. The summed E-state index contributed by atoms with van der Waals surface area (Å²) in [5.41, 5.74) is 0. The van der Waals surface area contributed by atoms with Crippen molar-refractivity contribution in [3.8, 4) is 0 Å². The van der Waals surface area contributed by atoms with Crippen molar-refractivity contribution >= 4 is 33.6 Å². The topological polar surface area (TPSA) is 104 Å². The number of nitrogens with zero attached hydrogens (tertiary/aromatic N) is 1. The van der Waals surface area contributed by atoms with Crippen LogP contribution in [0.5, 0.6) is 0 Å². The predicted molar refractivity (Wildman–Crippen MR) is 75.3 cm³/mol. The fourth-order valence-corrected chi connectivity index (χ4v) is 5.53. The average molecular weight is 322 g/mol. The summed E-state index contributed by atoms with van der Waals surface area (Å²) < 4.78 is 22.7. The van der Waals surface area contributed by atoms with Crippen LogP contribution in [0.3, 0.4) is 0 Å². The number of sulfone groups is 1. The number of aliphatic carboxylic acids is 1. The molecule has 9 heteroatoms. The lowest BCUT2D eigenvalue weighted by molar-refractivity contribution is -0.141. The third-order valence-corrected chi connectivity index (χ3v) is 6.67. The van der Waals surface area contributed by atoms with Crippen molar-refractivity contribution in [1.29, 1.82) is 0 Å². The van der Waals surface area contributed by atoms with E-state index in [4.69, 9.17) is 5.11 Å². The molecule has 2 amide bonds. The number of carboxylic acid groups (broad SMARTS) is 1. The summed E-state index contributed by atoms with van der Waals surface area (Å²) in [7, 11) is -2.96. The zero-order chi connectivity index (χ0) is 14.9. The summed E-state index contributed by atoms with van der Waals surface area (Å²) in [5.74, 6) is -0.443. The van der Waals surface area contributed by atoms with Gasteiger partial charge in [0.05, 0.1) is 16.9 Å². The smallest absolute Gasteiger partial charge is 0.327 e. The first-order valence-electron chi connectivity index (χ1n) is 6.41. The van der Waals surface area contributed by atoms with Gasteiger partial charge in [0.25, 0.3) is 0 Å². The van der Waals surface area contributed by atoms with Gasteiger partial charge in [-0.05, 0) is 19.3 Å². The van der Waals surface area contributed by atoms with Gasteiger partial charge in [-0.15, -0.1) is 11.8 Å². The number of urea groups is 1. The molecule has 0 spiro atoms. The monoisotopic (exact) mass is 322 g/mol. The lowest BCUT2D eigenvalue weighted by Crippen LogP contribution is -2.50. The third-order valence-electron chi connectivity index (χ3n) is 3.61. The molecule has 2 heterocycles. The second-order valence-corrected chi connectivity index (χ2v) is 8.73. The van der Waals surface area contributed by atoms with Gasteiger partial charge in [-0.3, -0.25) is 4.90 Å². The number of nitrogens with one attached hydrogen (secondary N) is 1. The van der Waals surface area contributed by atoms with Crippen LogP contribution in [-0.2, 0) is 14.6 Å². The van der Waals surface area contributed by atoms with Crippen LogP contribution in [0, 0.1) is 5.92 Å². The molecular formula is C11H18N2O5S2. The molecule has 0 radical (unpaired) electrons. The van der Waals surface area contributed by atoms with E-state index in [-0.39, 0.29) is 29.3 Å². The highest BCUT2D eigenvalue weighted by molar-refractivity contribution is 8.00. The van der Waals surface area contributed by atoms with Crippen LogP contribution in [0.4, 0.5) is 4.79 Å². The first kappa shape index (κ1) is 15.4. The molecule has 2 N–H and O–H groups in total. The van der Waals surface area contributed by atoms with Gasteiger partial charge in [0, 0.05) is 12.3 Å². The van der Waals surface area contributed by atoms with Gasteiger partial charge in [0.2, 0.25) is 0 Å². The van der Waals surface area contributed by atoms with Gasteiger partial charge in [0.1, 0.15) is 6.04 Å². The van der Waals surface area contributed by atoms with Gasteiger partial charge in [-0.2, -0.15) is 0 Å². The van der Waals surface area contributed by atoms with E-state index in [1.54, 1.807) is 6.92 Å². The van der Waals surface area contributed by atoms with E-state index in [2.05, 4.69) is 5.32 Å². The molecule has 114 valence electrons. The second-order valence-electron chi connectivity index (χ2n) is 5.15. The fourth-order valence-electron chi connectivity index (χ4n) is 2.50. The standard InChI is InChI=1S/C11H18N2O5S2/c1-7-13(9(5-19-7)10(14)15)11(16)12-4-8-2-3-20(17,18)6-8/h7-9H,2-6H2,1H3,(H,12,16)(H,14,15). The van der Waals surface area contributed by atoms with Crippen LogP contribution >= 0.6 is 11.8 Å².